The quantitative estimate of drug-likeness (QED) is 0.883. The van der Waals surface area contributed by atoms with Crippen LogP contribution in [-0.2, 0) is 6.54 Å². The van der Waals surface area contributed by atoms with Crippen LogP contribution in [-0.4, -0.2) is 30.6 Å². The summed E-state index contributed by atoms with van der Waals surface area (Å²) in [6, 6.07) is 7.05. The molecule has 4 heteroatoms. The van der Waals surface area contributed by atoms with E-state index in [1.807, 2.05) is 0 Å². The number of rotatable bonds is 5. The first-order valence-electron chi connectivity index (χ1n) is 6.87. The fourth-order valence-electron chi connectivity index (χ4n) is 2.57. The Balaban J connectivity index is 2.04. The van der Waals surface area contributed by atoms with Crippen LogP contribution in [0, 0.1) is 17.1 Å². The number of nitrogens with zero attached hydrogens (tertiary/aromatic N) is 2. The molecular weight excluding hydrogens is 241 g/mol. The standard InChI is InChI=1S/C15H20FN3/c1-2-19(11-15-4-3-7-18-15)10-13-8-14(16)6-5-12(13)9-17/h5-6,8,15,18H,2-4,7,10-11H2,1H3. The Bertz CT molecular complexity index is 461. The predicted octanol–water partition coefficient (Wildman–Crippen LogP) is 2.27. The summed E-state index contributed by atoms with van der Waals surface area (Å²) in [7, 11) is 0. The molecule has 0 spiro atoms. The first kappa shape index (κ1) is 14.0. The smallest absolute Gasteiger partial charge is 0.123 e. The van der Waals surface area contributed by atoms with Crippen molar-refractivity contribution >= 4 is 0 Å². The van der Waals surface area contributed by atoms with Crippen molar-refractivity contribution in [2.24, 2.45) is 0 Å². The second-order valence-electron chi connectivity index (χ2n) is 5.03. The van der Waals surface area contributed by atoms with Gasteiger partial charge in [-0.15, -0.1) is 0 Å². The Morgan fingerprint density at radius 1 is 1.53 bits per heavy atom. The lowest BCUT2D eigenvalue weighted by atomic mass is 10.1. The van der Waals surface area contributed by atoms with E-state index >= 15 is 0 Å². The van der Waals surface area contributed by atoms with Gasteiger partial charge in [-0.1, -0.05) is 6.92 Å². The fraction of sp³-hybridized carbons (Fsp3) is 0.533. The Hall–Kier alpha value is -1.44. The van der Waals surface area contributed by atoms with Gasteiger partial charge in [0.25, 0.3) is 0 Å². The molecule has 1 saturated heterocycles. The lowest BCUT2D eigenvalue weighted by Gasteiger charge is -2.24. The molecule has 1 N–H and O–H groups in total. The van der Waals surface area contributed by atoms with Gasteiger partial charge in [-0.2, -0.15) is 5.26 Å². The van der Waals surface area contributed by atoms with Gasteiger partial charge in [0.15, 0.2) is 0 Å². The zero-order valence-electron chi connectivity index (χ0n) is 11.3. The van der Waals surface area contributed by atoms with Crippen molar-refractivity contribution in [1.82, 2.24) is 10.2 Å². The normalized spacial score (nSPS) is 18.7. The van der Waals surface area contributed by atoms with Crippen LogP contribution in [0.1, 0.15) is 30.9 Å². The molecule has 1 aliphatic rings. The molecule has 102 valence electrons. The largest absolute Gasteiger partial charge is 0.313 e. The maximum Gasteiger partial charge on any atom is 0.123 e. The van der Waals surface area contributed by atoms with Crippen molar-refractivity contribution in [1.29, 1.82) is 5.26 Å². The van der Waals surface area contributed by atoms with E-state index in [2.05, 4.69) is 23.2 Å². The number of benzene rings is 1. The number of nitriles is 1. The van der Waals surface area contributed by atoms with E-state index in [-0.39, 0.29) is 5.82 Å². The molecule has 1 aromatic carbocycles. The molecule has 0 amide bonds. The highest BCUT2D eigenvalue weighted by atomic mass is 19.1. The topological polar surface area (TPSA) is 39.1 Å². The van der Waals surface area contributed by atoms with Gasteiger partial charge in [-0.25, -0.2) is 4.39 Å². The zero-order chi connectivity index (χ0) is 13.7. The van der Waals surface area contributed by atoms with Gasteiger partial charge >= 0.3 is 0 Å². The van der Waals surface area contributed by atoms with Gasteiger partial charge in [0.05, 0.1) is 11.6 Å². The Morgan fingerprint density at radius 2 is 2.37 bits per heavy atom. The van der Waals surface area contributed by atoms with Crippen LogP contribution in [0.5, 0.6) is 0 Å². The molecule has 1 unspecified atom stereocenters. The lowest BCUT2D eigenvalue weighted by molar-refractivity contribution is 0.253. The minimum Gasteiger partial charge on any atom is -0.313 e. The number of hydrogen-bond acceptors (Lipinski definition) is 3. The van der Waals surface area contributed by atoms with Gasteiger partial charge in [0, 0.05) is 19.1 Å². The highest BCUT2D eigenvalue weighted by Gasteiger charge is 2.18. The first-order valence-corrected chi connectivity index (χ1v) is 6.87. The molecule has 2 rings (SSSR count). The number of likely N-dealkylation sites (N-methyl/N-ethyl adjacent to an activating group) is 1. The number of nitrogens with one attached hydrogen (secondary N) is 1. The average molecular weight is 261 g/mol. The van der Waals surface area contributed by atoms with E-state index in [4.69, 9.17) is 5.26 Å². The van der Waals surface area contributed by atoms with E-state index in [0.29, 0.717) is 18.2 Å². The van der Waals surface area contributed by atoms with E-state index in [1.54, 1.807) is 6.07 Å². The second kappa shape index (κ2) is 6.65. The Kier molecular flexibility index (Phi) is 4.89. The third-order valence-corrected chi connectivity index (χ3v) is 3.67. The van der Waals surface area contributed by atoms with Crippen molar-refractivity contribution < 1.29 is 4.39 Å². The monoisotopic (exact) mass is 261 g/mol. The van der Waals surface area contributed by atoms with Gasteiger partial charge < -0.3 is 5.32 Å². The minimum atomic E-state index is -0.274. The highest BCUT2D eigenvalue weighted by molar-refractivity contribution is 5.37. The van der Waals surface area contributed by atoms with Gasteiger partial charge in [0.1, 0.15) is 5.82 Å². The molecule has 1 fully saturated rings. The Labute approximate surface area is 114 Å². The third-order valence-electron chi connectivity index (χ3n) is 3.67. The van der Waals surface area contributed by atoms with Crippen LogP contribution in [0.25, 0.3) is 0 Å². The van der Waals surface area contributed by atoms with Gasteiger partial charge in [-0.3, -0.25) is 4.90 Å². The summed E-state index contributed by atoms with van der Waals surface area (Å²) in [5, 5.41) is 12.5. The predicted molar refractivity (Wildman–Crippen MR) is 73.1 cm³/mol. The number of hydrogen-bond donors (Lipinski definition) is 1. The molecule has 1 atom stereocenters. The van der Waals surface area contributed by atoms with Crippen molar-refractivity contribution in [2.45, 2.75) is 32.4 Å². The molecule has 0 bridgehead atoms. The summed E-state index contributed by atoms with van der Waals surface area (Å²) in [5.74, 6) is -0.274. The summed E-state index contributed by atoms with van der Waals surface area (Å²) in [6.45, 7) is 5.68. The van der Waals surface area contributed by atoms with Crippen LogP contribution < -0.4 is 5.32 Å². The molecule has 0 aliphatic carbocycles. The number of halogens is 1. The van der Waals surface area contributed by atoms with Crippen molar-refractivity contribution in [3.8, 4) is 6.07 Å². The molecule has 1 aromatic rings. The first-order chi connectivity index (χ1) is 9.22. The summed E-state index contributed by atoms with van der Waals surface area (Å²) < 4.78 is 13.3. The molecule has 1 aliphatic heterocycles. The zero-order valence-corrected chi connectivity index (χ0v) is 11.3. The summed E-state index contributed by atoms with van der Waals surface area (Å²) in [6.07, 6.45) is 2.43. The SMILES string of the molecule is CCN(Cc1cc(F)ccc1C#N)CC1CCCN1. The van der Waals surface area contributed by atoms with E-state index in [1.165, 1.54) is 25.0 Å². The van der Waals surface area contributed by atoms with Crippen LogP contribution in [0.15, 0.2) is 18.2 Å². The average Bonchev–Trinajstić information content (AvgIpc) is 2.91. The molecule has 0 radical (unpaired) electrons. The van der Waals surface area contributed by atoms with Crippen molar-refractivity contribution in [3.63, 3.8) is 0 Å². The van der Waals surface area contributed by atoms with Crippen LogP contribution in [0.4, 0.5) is 4.39 Å². The summed E-state index contributed by atoms with van der Waals surface area (Å²) in [5.41, 5.74) is 1.35. The fourth-order valence-corrected chi connectivity index (χ4v) is 2.57. The van der Waals surface area contributed by atoms with Gasteiger partial charge in [0.2, 0.25) is 0 Å². The summed E-state index contributed by atoms with van der Waals surface area (Å²) in [4.78, 5) is 2.26. The van der Waals surface area contributed by atoms with Crippen molar-refractivity contribution in [3.05, 3.63) is 35.1 Å². The lowest BCUT2D eigenvalue weighted by Crippen LogP contribution is -2.37. The van der Waals surface area contributed by atoms with Crippen molar-refractivity contribution in [2.75, 3.05) is 19.6 Å². The molecule has 3 nitrogen and oxygen atoms in total. The minimum absolute atomic E-state index is 0.274. The molecule has 1 heterocycles. The van der Waals surface area contributed by atoms with E-state index in [9.17, 15) is 4.39 Å². The molecule has 0 saturated carbocycles. The van der Waals surface area contributed by atoms with Crippen LogP contribution >= 0.6 is 0 Å². The van der Waals surface area contributed by atoms with Crippen LogP contribution in [0.3, 0.4) is 0 Å². The highest BCUT2D eigenvalue weighted by Crippen LogP contribution is 2.15. The Morgan fingerprint density at radius 3 is 3.00 bits per heavy atom. The van der Waals surface area contributed by atoms with E-state index in [0.717, 1.165) is 25.2 Å². The summed E-state index contributed by atoms with van der Waals surface area (Å²) >= 11 is 0. The second-order valence-corrected chi connectivity index (χ2v) is 5.03. The van der Waals surface area contributed by atoms with Gasteiger partial charge in [-0.05, 0) is 49.7 Å². The maximum absolute atomic E-state index is 13.3. The third kappa shape index (κ3) is 3.76. The molecule has 19 heavy (non-hydrogen) atoms. The molecule has 0 aromatic heterocycles. The van der Waals surface area contributed by atoms with Crippen LogP contribution in [0.2, 0.25) is 0 Å². The molecular formula is C15H20FN3. The maximum atomic E-state index is 13.3. The van der Waals surface area contributed by atoms with E-state index < -0.39 is 0 Å².